The Bertz CT molecular complexity index is 163. The third kappa shape index (κ3) is 1.96. The minimum atomic E-state index is 0.597. The molecule has 2 heteroatoms. The molecule has 0 aromatic rings. The predicted molar refractivity (Wildman–Crippen MR) is 60.5 cm³/mol. The van der Waals surface area contributed by atoms with Crippen molar-refractivity contribution < 1.29 is 0 Å². The molecule has 1 spiro atoms. The molecule has 0 bridgehead atoms. The third-order valence-corrected chi connectivity index (χ3v) is 4.02. The second-order valence-corrected chi connectivity index (χ2v) is 4.92. The molecule has 2 heterocycles. The first kappa shape index (κ1) is 10.4. The minimum absolute atomic E-state index is 0.597. The average molecular weight is 196 g/mol. The SMILES string of the molecule is CCCN1CCCCC12CCNCC2. The van der Waals surface area contributed by atoms with Crippen molar-refractivity contribution >= 4 is 0 Å². The summed E-state index contributed by atoms with van der Waals surface area (Å²) < 4.78 is 0. The van der Waals surface area contributed by atoms with E-state index in [2.05, 4.69) is 17.1 Å². The Morgan fingerprint density at radius 1 is 1.14 bits per heavy atom. The van der Waals surface area contributed by atoms with Crippen LogP contribution >= 0.6 is 0 Å². The smallest absolute Gasteiger partial charge is 0.0233 e. The van der Waals surface area contributed by atoms with Gasteiger partial charge in [0.2, 0.25) is 0 Å². The molecule has 1 N–H and O–H groups in total. The number of nitrogens with one attached hydrogen (secondary N) is 1. The lowest BCUT2D eigenvalue weighted by Crippen LogP contribution is -2.56. The highest BCUT2D eigenvalue weighted by atomic mass is 15.2. The lowest BCUT2D eigenvalue weighted by molar-refractivity contribution is 0.0206. The van der Waals surface area contributed by atoms with Crippen LogP contribution < -0.4 is 5.32 Å². The van der Waals surface area contributed by atoms with Crippen LogP contribution in [0.3, 0.4) is 0 Å². The molecule has 82 valence electrons. The van der Waals surface area contributed by atoms with Crippen LogP contribution in [-0.2, 0) is 0 Å². The fourth-order valence-electron chi connectivity index (χ4n) is 3.23. The van der Waals surface area contributed by atoms with Gasteiger partial charge in [-0.3, -0.25) is 4.90 Å². The number of likely N-dealkylation sites (tertiary alicyclic amines) is 1. The van der Waals surface area contributed by atoms with Gasteiger partial charge in [0, 0.05) is 5.54 Å². The lowest BCUT2D eigenvalue weighted by atomic mass is 9.79. The maximum absolute atomic E-state index is 3.49. The molecule has 0 atom stereocenters. The van der Waals surface area contributed by atoms with Crippen LogP contribution in [0.1, 0.15) is 45.4 Å². The van der Waals surface area contributed by atoms with E-state index in [1.54, 1.807) is 0 Å². The molecule has 2 nitrogen and oxygen atoms in total. The fraction of sp³-hybridized carbons (Fsp3) is 1.00. The van der Waals surface area contributed by atoms with Gasteiger partial charge in [-0.05, 0) is 58.3 Å². The van der Waals surface area contributed by atoms with Gasteiger partial charge in [-0.15, -0.1) is 0 Å². The number of nitrogens with zero attached hydrogens (tertiary/aromatic N) is 1. The monoisotopic (exact) mass is 196 g/mol. The topological polar surface area (TPSA) is 15.3 Å². The fourth-order valence-corrected chi connectivity index (χ4v) is 3.23. The van der Waals surface area contributed by atoms with E-state index < -0.39 is 0 Å². The molecule has 0 saturated carbocycles. The lowest BCUT2D eigenvalue weighted by Gasteiger charge is -2.50. The largest absolute Gasteiger partial charge is 0.317 e. The molecule has 0 aromatic heterocycles. The number of hydrogen-bond donors (Lipinski definition) is 1. The molecule has 0 amide bonds. The molecule has 2 saturated heterocycles. The maximum Gasteiger partial charge on any atom is 0.0233 e. The normalized spacial score (nSPS) is 28.1. The second-order valence-electron chi connectivity index (χ2n) is 4.92. The van der Waals surface area contributed by atoms with Crippen LogP contribution in [0.4, 0.5) is 0 Å². The minimum Gasteiger partial charge on any atom is -0.317 e. The van der Waals surface area contributed by atoms with Crippen molar-refractivity contribution in [3.05, 3.63) is 0 Å². The molecular weight excluding hydrogens is 172 g/mol. The summed E-state index contributed by atoms with van der Waals surface area (Å²) in [4.78, 5) is 2.79. The number of piperidine rings is 2. The van der Waals surface area contributed by atoms with Crippen molar-refractivity contribution in [2.24, 2.45) is 0 Å². The Morgan fingerprint density at radius 3 is 2.64 bits per heavy atom. The zero-order chi connectivity index (χ0) is 9.86. The Balaban J connectivity index is 2.02. The summed E-state index contributed by atoms with van der Waals surface area (Å²) in [6.45, 7) is 7.46. The van der Waals surface area contributed by atoms with Crippen LogP contribution in [-0.4, -0.2) is 36.6 Å². The Morgan fingerprint density at radius 2 is 1.93 bits per heavy atom. The van der Waals surface area contributed by atoms with E-state index in [1.807, 2.05) is 0 Å². The molecule has 0 radical (unpaired) electrons. The van der Waals surface area contributed by atoms with E-state index in [9.17, 15) is 0 Å². The van der Waals surface area contributed by atoms with E-state index in [1.165, 1.54) is 64.7 Å². The summed E-state index contributed by atoms with van der Waals surface area (Å²) in [6, 6.07) is 0. The third-order valence-electron chi connectivity index (χ3n) is 4.02. The first-order valence-corrected chi connectivity index (χ1v) is 6.33. The van der Waals surface area contributed by atoms with E-state index in [-0.39, 0.29) is 0 Å². The van der Waals surface area contributed by atoms with Crippen molar-refractivity contribution in [1.29, 1.82) is 0 Å². The van der Waals surface area contributed by atoms with Crippen molar-refractivity contribution in [1.82, 2.24) is 10.2 Å². The van der Waals surface area contributed by atoms with Gasteiger partial charge in [-0.25, -0.2) is 0 Å². The van der Waals surface area contributed by atoms with Gasteiger partial charge in [-0.1, -0.05) is 13.3 Å². The van der Waals surface area contributed by atoms with Crippen LogP contribution in [0, 0.1) is 0 Å². The van der Waals surface area contributed by atoms with Crippen LogP contribution in [0.15, 0.2) is 0 Å². The van der Waals surface area contributed by atoms with E-state index >= 15 is 0 Å². The second kappa shape index (κ2) is 4.63. The molecule has 2 aliphatic heterocycles. The summed E-state index contributed by atoms with van der Waals surface area (Å²) in [5.41, 5.74) is 0.597. The van der Waals surface area contributed by atoms with Gasteiger partial charge < -0.3 is 5.32 Å². The molecule has 2 fully saturated rings. The summed E-state index contributed by atoms with van der Waals surface area (Å²) in [6.07, 6.45) is 8.42. The van der Waals surface area contributed by atoms with Crippen molar-refractivity contribution in [2.45, 2.75) is 51.0 Å². The van der Waals surface area contributed by atoms with Crippen LogP contribution in [0.5, 0.6) is 0 Å². The maximum atomic E-state index is 3.49. The van der Waals surface area contributed by atoms with Gasteiger partial charge in [-0.2, -0.15) is 0 Å². The standard InChI is InChI=1S/C12H24N2/c1-2-10-14-11-4-3-5-12(14)6-8-13-9-7-12/h13H,2-11H2,1H3. The van der Waals surface area contributed by atoms with Gasteiger partial charge in [0.1, 0.15) is 0 Å². The van der Waals surface area contributed by atoms with Gasteiger partial charge >= 0.3 is 0 Å². The Hall–Kier alpha value is -0.0800. The van der Waals surface area contributed by atoms with Crippen molar-refractivity contribution in [2.75, 3.05) is 26.2 Å². The summed E-state index contributed by atoms with van der Waals surface area (Å²) in [5.74, 6) is 0. The van der Waals surface area contributed by atoms with Gasteiger partial charge in [0.05, 0.1) is 0 Å². The molecule has 0 aliphatic carbocycles. The summed E-state index contributed by atoms with van der Waals surface area (Å²) >= 11 is 0. The quantitative estimate of drug-likeness (QED) is 0.727. The van der Waals surface area contributed by atoms with Gasteiger partial charge in [0.25, 0.3) is 0 Å². The van der Waals surface area contributed by atoms with Crippen LogP contribution in [0.2, 0.25) is 0 Å². The molecule has 0 aromatic carbocycles. The first-order chi connectivity index (χ1) is 6.87. The highest BCUT2D eigenvalue weighted by Crippen LogP contribution is 2.35. The number of rotatable bonds is 2. The predicted octanol–water partition coefficient (Wildman–Crippen LogP) is 2.00. The van der Waals surface area contributed by atoms with Crippen LogP contribution in [0.25, 0.3) is 0 Å². The molecular formula is C12H24N2. The summed E-state index contributed by atoms with van der Waals surface area (Å²) in [5, 5.41) is 3.49. The Labute approximate surface area is 88.1 Å². The average Bonchev–Trinajstić information content (AvgIpc) is 2.23. The highest BCUT2D eigenvalue weighted by molar-refractivity contribution is 4.96. The van der Waals surface area contributed by atoms with Crippen molar-refractivity contribution in [3.8, 4) is 0 Å². The molecule has 0 unspecified atom stereocenters. The van der Waals surface area contributed by atoms with E-state index in [4.69, 9.17) is 0 Å². The molecule has 2 aliphatic rings. The Kier molecular flexibility index (Phi) is 3.45. The van der Waals surface area contributed by atoms with E-state index in [0.717, 1.165) is 0 Å². The van der Waals surface area contributed by atoms with Gasteiger partial charge in [0.15, 0.2) is 0 Å². The zero-order valence-electron chi connectivity index (χ0n) is 9.52. The van der Waals surface area contributed by atoms with E-state index in [0.29, 0.717) is 5.54 Å². The highest BCUT2D eigenvalue weighted by Gasteiger charge is 2.38. The molecule has 2 rings (SSSR count). The summed E-state index contributed by atoms with van der Waals surface area (Å²) in [7, 11) is 0. The zero-order valence-corrected chi connectivity index (χ0v) is 9.52. The van der Waals surface area contributed by atoms with Crippen molar-refractivity contribution in [3.63, 3.8) is 0 Å². The first-order valence-electron chi connectivity index (χ1n) is 6.33. The molecule has 14 heavy (non-hydrogen) atoms. The number of hydrogen-bond acceptors (Lipinski definition) is 2.